The zero-order valence-electron chi connectivity index (χ0n) is 8.98. The highest BCUT2D eigenvalue weighted by Gasteiger charge is 2.09. The van der Waals surface area contributed by atoms with Crippen LogP contribution in [0.5, 0.6) is 0 Å². The van der Waals surface area contributed by atoms with Crippen LogP contribution in [0.15, 0.2) is 47.1 Å². The van der Waals surface area contributed by atoms with Gasteiger partial charge in [0.05, 0.1) is 6.10 Å². The van der Waals surface area contributed by atoms with Crippen molar-refractivity contribution < 1.29 is 5.11 Å². The molecule has 2 nitrogen and oxygen atoms in total. The van der Waals surface area contributed by atoms with Crippen LogP contribution in [-0.4, -0.2) is 10.1 Å². The second-order valence-electron chi connectivity index (χ2n) is 3.74. The van der Waals surface area contributed by atoms with Crippen molar-refractivity contribution in [3.8, 4) is 0 Å². The Kier molecular flexibility index (Phi) is 4.15. The summed E-state index contributed by atoms with van der Waals surface area (Å²) in [4.78, 5) is 4.23. The lowest BCUT2D eigenvalue weighted by Crippen LogP contribution is -2.03. The molecule has 2 aromatic rings. The zero-order chi connectivity index (χ0) is 12.3. The van der Waals surface area contributed by atoms with Gasteiger partial charge >= 0.3 is 0 Å². The average Bonchev–Trinajstić information content (AvgIpc) is 2.32. The number of rotatable bonds is 3. The van der Waals surface area contributed by atoms with E-state index >= 15 is 0 Å². The first-order chi connectivity index (χ1) is 8.15. The van der Waals surface area contributed by atoms with Crippen molar-refractivity contribution >= 4 is 27.5 Å². The molecular weight excluding hydrogens is 302 g/mol. The maximum absolute atomic E-state index is 10.1. The summed E-state index contributed by atoms with van der Waals surface area (Å²) in [6.07, 6.45) is 1.62. The van der Waals surface area contributed by atoms with Gasteiger partial charge in [-0.05, 0) is 45.8 Å². The fourth-order valence-corrected chi connectivity index (χ4v) is 1.99. The minimum absolute atomic E-state index is 0.480. The number of hydrogen-bond donors (Lipinski definition) is 1. The van der Waals surface area contributed by atoms with Crippen molar-refractivity contribution in [1.29, 1.82) is 0 Å². The highest BCUT2D eigenvalue weighted by molar-refractivity contribution is 9.10. The highest BCUT2D eigenvalue weighted by Crippen LogP contribution is 2.21. The largest absolute Gasteiger partial charge is 0.388 e. The number of aromatic nitrogens is 1. The van der Waals surface area contributed by atoms with E-state index in [0.717, 1.165) is 15.7 Å². The van der Waals surface area contributed by atoms with Gasteiger partial charge in [-0.1, -0.05) is 23.7 Å². The lowest BCUT2D eigenvalue weighted by molar-refractivity contribution is 0.177. The first kappa shape index (κ1) is 12.6. The summed E-state index contributed by atoms with van der Waals surface area (Å²) in [5.41, 5.74) is 1.66. The SMILES string of the molecule is OC(Cc1ccc(Br)cn1)c1cccc(Cl)c1. The van der Waals surface area contributed by atoms with Crippen LogP contribution in [-0.2, 0) is 6.42 Å². The van der Waals surface area contributed by atoms with Crippen LogP contribution in [0.3, 0.4) is 0 Å². The minimum Gasteiger partial charge on any atom is -0.388 e. The second kappa shape index (κ2) is 5.63. The van der Waals surface area contributed by atoms with Crippen molar-refractivity contribution in [1.82, 2.24) is 4.98 Å². The van der Waals surface area contributed by atoms with Gasteiger partial charge in [0.2, 0.25) is 0 Å². The number of hydrogen-bond acceptors (Lipinski definition) is 2. The maximum Gasteiger partial charge on any atom is 0.0845 e. The fraction of sp³-hybridized carbons (Fsp3) is 0.154. The van der Waals surface area contributed by atoms with Crippen molar-refractivity contribution in [3.63, 3.8) is 0 Å². The number of benzene rings is 1. The molecule has 0 spiro atoms. The Hall–Kier alpha value is -0.900. The van der Waals surface area contributed by atoms with E-state index in [4.69, 9.17) is 11.6 Å². The van der Waals surface area contributed by atoms with Gasteiger partial charge in [0.15, 0.2) is 0 Å². The van der Waals surface area contributed by atoms with Crippen LogP contribution in [0.2, 0.25) is 5.02 Å². The molecule has 0 fully saturated rings. The predicted octanol–water partition coefficient (Wildman–Crippen LogP) is 3.77. The molecule has 17 heavy (non-hydrogen) atoms. The molecule has 0 aliphatic carbocycles. The van der Waals surface area contributed by atoms with E-state index in [0.29, 0.717) is 11.4 Å². The Bertz CT molecular complexity index is 501. The molecule has 1 unspecified atom stereocenters. The highest BCUT2D eigenvalue weighted by atomic mass is 79.9. The van der Waals surface area contributed by atoms with Crippen LogP contribution in [0.4, 0.5) is 0 Å². The molecule has 0 saturated heterocycles. The van der Waals surface area contributed by atoms with Gasteiger partial charge in [0.1, 0.15) is 0 Å². The first-order valence-electron chi connectivity index (χ1n) is 5.19. The summed E-state index contributed by atoms with van der Waals surface area (Å²) in [5, 5.41) is 10.7. The van der Waals surface area contributed by atoms with Crippen LogP contribution in [0, 0.1) is 0 Å². The van der Waals surface area contributed by atoms with Crippen LogP contribution >= 0.6 is 27.5 Å². The number of aliphatic hydroxyl groups is 1. The molecule has 1 heterocycles. The molecule has 2 rings (SSSR count). The lowest BCUT2D eigenvalue weighted by atomic mass is 10.0. The fourth-order valence-electron chi connectivity index (χ4n) is 1.56. The molecule has 0 amide bonds. The van der Waals surface area contributed by atoms with Crippen LogP contribution < -0.4 is 0 Å². The molecular formula is C13H11BrClNO. The van der Waals surface area contributed by atoms with Gasteiger partial charge in [-0.25, -0.2) is 0 Å². The first-order valence-corrected chi connectivity index (χ1v) is 6.36. The van der Waals surface area contributed by atoms with Gasteiger partial charge < -0.3 is 5.11 Å². The van der Waals surface area contributed by atoms with E-state index in [2.05, 4.69) is 20.9 Å². The third-order valence-corrected chi connectivity index (χ3v) is 3.13. The van der Waals surface area contributed by atoms with E-state index in [1.165, 1.54) is 0 Å². The van der Waals surface area contributed by atoms with E-state index in [1.807, 2.05) is 24.3 Å². The second-order valence-corrected chi connectivity index (χ2v) is 5.09. The molecule has 0 radical (unpaired) electrons. The summed E-state index contributed by atoms with van der Waals surface area (Å²) in [5.74, 6) is 0. The third-order valence-electron chi connectivity index (χ3n) is 2.42. The van der Waals surface area contributed by atoms with Gasteiger partial charge in [-0.15, -0.1) is 0 Å². The zero-order valence-corrected chi connectivity index (χ0v) is 11.3. The molecule has 4 heteroatoms. The summed E-state index contributed by atoms with van der Waals surface area (Å²) >= 11 is 9.20. The Morgan fingerprint density at radius 3 is 2.76 bits per heavy atom. The lowest BCUT2D eigenvalue weighted by Gasteiger charge is -2.10. The van der Waals surface area contributed by atoms with Gasteiger partial charge in [0, 0.05) is 27.8 Å². The van der Waals surface area contributed by atoms with E-state index in [-0.39, 0.29) is 0 Å². The van der Waals surface area contributed by atoms with Crippen molar-refractivity contribution in [3.05, 3.63) is 63.3 Å². The number of halogens is 2. The predicted molar refractivity (Wildman–Crippen MR) is 72.1 cm³/mol. The molecule has 0 bridgehead atoms. The molecule has 0 saturated carbocycles. The Morgan fingerprint density at radius 1 is 1.29 bits per heavy atom. The summed E-state index contributed by atoms with van der Waals surface area (Å²) in [6.45, 7) is 0. The quantitative estimate of drug-likeness (QED) is 0.936. The molecule has 1 N–H and O–H groups in total. The molecule has 1 atom stereocenters. The van der Waals surface area contributed by atoms with Gasteiger partial charge in [0.25, 0.3) is 0 Å². The molecule has 88 valence electrons. The topological polar surface area (TPSA) is 33.1 Å². The number of aliphatic hydroxyl groups excluding tert-OH is 1. The maximum atomic E-state index is 10.1. The van der Waals surface area contributed by atoms with Gasteiger partial charge in [-0.3, -0.25) is 4.98 Å². The van der Waals surface area contributed by atoms with Crippen molar-refractivity contribution in [2.75, 3.05) is 0 Å². The van der Waals surface area contributed by atoms with Crippen molar-refractivity contribution in [2.24, 2.45) is 0 Å². The smallest absolute Gasteiger partial charge is 0.0845 e. The molecule has 0 aliphatic heterocycles. The Morgan fingerprint density at radius 2 is 2.12 bits per heavy atom. The monoisotopic (exact) mass is 311 g/mol. The van der Waals surface area contributed by atoms with E-state index < -0.39 is 6.10 Å². The summed E-state index contributed by atoms with van der Waals surface area (Å²) in [7, 11) is 0. The van der Waals surface area contributed by atoms with Crippen LogP contribution in [0.25, 0.3) is 0 Å². The standard InChI is InChI=1S/C13H11BrClNO/c14-10-4-5-12(16-8-10)7-13(17)9-2-1-3-11(15)6-9/h1-6,8,13,17H,7H2. The third kappa shape index (κ3) is 3.53. The van der Waals surface area contributed by atoms with E-state index in [9.17, 15) is 5.11 Å². The molecule has 1 aromatic heterocycles. The molecule has 1 aromatic carbocycles. The van der Waals surface area contributed by atoms with Crippen LogP contribution in [0.1, 0.15) is 17.4 Å². The summed E-state index contributed by atoms with van der Waals surface area (Å²) < 4.78 is 0.929. The van der Waals surface area contributed by atoms with Gasteiger partial charge in [-0.2, -0.15) is 0 Å². The van der Waals surface area contributed by atoms with E-state index in [1.54, 1.807) is 18.3 Å². The number of pyridine rings is 1. The Labute approximate surface area is 113 Å². The normalized spacial score (nSPS) is 12.4. The van der Waals surface area contributed by atoms with Crippen molar-refractivity contribution in [2.45, 2.75) is 12.5 Å². The minimum atomic E-state index is -0.581. The Balaban J connectivity index is 2.11. The summed E-state index contributed by atoms with van der Waals surface area (Å²) in [6, 6.07) is 11.0. The average molecular weight is 313 g/mol. The number of nitrogens with zero attached hydrogens (tertiary/aromatic N) is 1. The molecule has 0 aliphatic rings.